The number of carbonyl (C=O) groups is 2. The number of benzene rings is 1. The van der Waals surface area contributed by atoms with E-state index < -0.39 is 29.5 Å². The quantitative estimate of drug-likeness (QED) is 0.729. The van der Waals surface area contributed by atoms with E-state index >= 15 is 0 Å². The molecular weight excluding hydrogens is 338 g/mol. The van der Waals surface area contributed by atoms with Crippen LogP contribution in [0.15, 0.2) is 40.9 Å². The lowest BCUT2D eigenvalue weighted by atomic mass is 9.77. The highest BCUT2D eigenvalue weighted by molar-refractivity contribution is 9.10. The van der Waals surface area contributed by atoms with Gasteiger partial charge in [-0.1, -0.05) is 24.3 Å². The average molecular weight is 349 g/mol. The lowest BCUT2D eigenvalue weighted by Gasteiger charge is -2.24. The Labute approximate surface area is 129 Å². The third-order valence-corrected chi connectivity index (χ3v) is 5.19. The number of aliphatic carboxylic acids is 1. The van der Waals surface area contributed by atoms with Crippen LogP contribution in [0.3, 0.4) is 0 Å². The van der Waals surface area contributed by atoms with E-state index in [2.05, 4.69) is 15.9 Å². The molecule has 0 aliphatic carbocycles. The van der Waals surface area contributed by atoms with Crippen LogP contribution in [-0.2, 0) is 14.3 Å². The highest BCUT2D eigenvalue weighted by Crippen LogP contribution is 2.52. The number of carbonyl (C=O) groups excluding carboxylic acids is 2. The van der Waals surface area contributed by atoms with Crippen molar-refractivity contribution >= 4 is 33.5 Å². The molecule has 4 atom stereocenters. The molecule has 2 saturated heterocycles. The zero-order chi connectivity index (χ0) is 14.8. The van der Waals surface area contributed by atoms with E-state index in [0.29, 0.717) is 6.54 Å². The van der Waals surface area contributed by atoms with E-state index in [1.165, 1.54) is 0 Å². The molecular formula is C15H11BrNO4-. The van der Waals surface area contributed by atoms with Crippen LogP contribution in [0.1, 0.15) is 0 Å². The van der Waals surface area contributed by atoms with Crippen molar-refractivity contribution in [2.24, 2.45) is 11.8 Å². The van der Waals surface area contributed by atoms with E-state index in [1.807, 2.05) is 30.3 Å². The fourth-order valence-electron chi connectivity index (χ4n) is 3.64. The van der Waals surface area contributed by atoms with Gasteiger partial charge in [-0.15, -0.1) is 0 Å². The number of amides is 1. The first-order chi connectivity index (χ1) is 10.0. The predicted molar refractivity (Wildman–Crippen MR) is 75.2 cm³/mol. The van der Waals surface area contributed by atoms with Gasteiger partial charge in [0.2, 0.25) is 5.91 Å². The van der Waals surface area contributed by atoms with Crippen molar-refractivity contribution < 1.29 is 19.4 Å². The van der Waals surface area contributed by atoms with Gasteiger partial charge in [0.05, 0.1) is 24.3 Å². The van der Waals surface area contributed by atoms with Gasteiger partial charge in [0.25, 0.3) is 0 Å². The molecule has 0 N–H and O–H groups in total. The van der Waals surface area contributed by atoms with Crippen LogP contribution < -0.4 is 10.0 Å². The van der Waals surface area contributed by atoms with Crippen molar-refractivity contribution in [1.82, 2.24) is 0 Å². The Balaban J connectivity index is 1.78. The van der Waals surface area contributed by atoms with E-state index in [1.54, 1.807) is 11.0 Å². The number of hydrogen-bond acceptors (Lipinski definition) is 4. The first-order valence-electron chi connectivity index (χ1n) is 6.67. The van der Waals surface area contributed by atoms with Crippen LogP contribution in [0.25, 0.3) is 0 Å². The molecule has 1 spiro atoms. The monoisotopic (exact) mass is 348 g/mol. The second-order valence-corrected chi connectivity index (χ2v) is 6.45. The number of carboxylic acids is 1. The van der Waals surface area contributed by atoms with Crippen LogP contribution in [-0.4, -0.2) is 30.1 Å². The Hall–Kier alpha value is -1.66. The third kappa shape index (κ3) is 1.60. The van der Waals surface area contributed by atoms with Crippen LogP contribution in [0.2, 0.25) is 0 Å². The number of carboxylic acid groups (broad SMARTS) is 1. The molecule has 21 heavy (non-hydrogen) atoms. The summed E-state index contributed by atoms with van der Waals surface area (Å²) in [5, 5.41) is 11.4. The maximum Gasteiger partial charge on any atom is 0.234 e. The fourth-order valence-corrected chi connectivity index (χ4v) is 4.14. The number of rotatable bonds is 2. The number of fused-ring (bicyclic) bond motifs is 1. The van der Waals surface area contributed by atoms with Crippen molar-refractivity contribution in [3.05, 3.63) is 40.9 Å². The van der Waals surface area contributed by atoms with Crippen LogP contribution in [0, 0.1) is 11.8 Å². The lowest BCUT2D eigenvalue weighted by molar-refractivity contribution is -0.313. The summed E-state index contributed by atoms with van der Waals surface area (Å²) < 4.78 is 6.60. The fraction of sp³-hybridized carbons (Fsp3) is 0.333. The van der Waals surface area contributed by atoms with Crippen LogP contribution in [0.4, 0.5) is 5.69 Å². The molecule has 1 aromatic rings. The predicted octanol–water partition coefficient (Wildman–Crippen LogP) is 0.485. The van der Waals surface area contributed by atoms with E-state index in [9.17, 15) is 14.7 Å². The standard InChI is InChI=1S/C15H12BrNO4/c16-8-3-1-2-4-9(8)17-7-15-6-5-10(21-15)11(14(19)20)12(15)13(17)18/h1-6,10-12H,7H2,(H,19,20)/p-1/t10-,11-,12+,15-/m0/s1. The smallest absolute Gasteiger partial charge is 0.234 e. The zero-order valence-electron chi connectivity index (χ0n) is 10.9. The number of ether oxygens (including phenoxy) is 1. The summed E-state index contributed by atoms with van der Waals surface area (Å²) in [6, 6.07) is 7.37. The van der Waals surface area contributed by atoms with Gasteiger partial charge in [-0.25, -0.2) is 0 Å². The minimum absolute atomic E-state index is 0.219. The zero-order valence-corrected chi connectivity index (χ0v) is 12.4. The highest BCUT2D eigenvalue weighted by atomic mass is 79.9. The minimum atomic E-state index is -1.22. The SMILES string of the molecule is O=C([O-])[C@H]1[C@@H]2C=C[C@@]3(CN(c4ccccc4Br)C(=O)[C@@H]13)O2. The summed E-state index contributed by atoms with van der Waals surface area (Å²) in [7, 11) is 0. The molecule has 0 aromatic heterocycles. The van der Waals surface area contributed by atoms with E-state index in [0.717, 1.165) is 10.2 Å². The Kier molecular flexibility index (Phi) is 2.59. The van der Waals surface area contributed by atoms with Gasteiger partial charge in [0, 0.05) is 16.4 Å². The number of para-hydroxylation sites is 1. The van der Waals surface area contributed by atoms with Gasteiger partial charge in [-0.3, -0.25) is 4.79 Å². The molecule has 0 unspecified atom stereocenters. The molecule has 2 fully saturated rings. The molecule has 3 aliphatic heterocycles. The van der Waals surface area contributed by atoms with Crippen LogP contribution >= 0.6 is 15.9 Å². The molecule has 4 rings (SSSR count). The number of hydrogen-bond donors (Lipinski definition) is 0. The molecule has 6 heteroatoms. The van der Waals surface area contributed by atoms with Gasteiger partial charge < -0.3 is 19.5 Å². The summed E-state index contributed by atoms with van der Waals surface area (Å²) in [5.41, 5.74) is -0.106. The largest absolute Gasteiger partial charge is 0.550 e. The van der Waals surface area contributed by atoms with E-state index in [-0.39, 0.29) is 5.91 Å². The van der Waals surface area contributed by atoms with E-state index in [4.69, 9.17) is 4.74 Å². The maximum absolute atomic E-state index is 12.7. The van der Waals surface area contributed by atoms with Gasteiger partial charge in [0.1, 0.15) is 5.60 Å². The van der Waals surface area contributed by atoms with Crippen molar-refractivity contribution in [3.63, 3.8) is 0 Å². The summed E-state index contributed by atoms with van der Waals surface area (Å²) in [4.78, 5) is 25.7. The summed E-state index contributed by atoms with van der Waals surface area (Å²) in [6.07, 6.45) is 3.01. The molecule has 0 saturated carbocycles. The van der Waals surface area contributed by atoms with Gasteiger partial charge >= 0.3 is 0 Å². The second-order valence-electron chi connectivity index (χ2n) is 5.59. The Morgan fingerprint density at radius 3 is 2.90 bits per heavy atom. The van der Waals surface area contributed by atoms with Gasteiger partial charge in [0.15, 0.2) is 0 Å². The Bertz CT molecular complexity index is 688. The molecule has 2 bridgehead atoms. The van der Waals surface area contributed by atoms with Crippen molar-refractivity contribution in [2.75, 3.05) is 11.4 Å². The molecule has 5 nitrogen and oxygen atoms in total. The topological polar surface area (TPSA) is 69.7 Å². The van der Waals surface area contributed by atoms with Crippen molar-refractivity contribution in [1.29, 1.82) is 0 Å². The summed E-state index contributed by atoms with van der Waals surface area (Å²) in [6.45, 7) is 0.329. The lowest BCUT2D eigenvalue weighted by Crippen LogP contribution is -2.45. The number of halogens is 1. The molecule has 3 heterocycles. The minimum Gasteiger partial charge on any atom is -0.550 e. The highest BCUT2D eigenvalue weighted by Gasteiger charge is 2.65. The van der Waals surface area contributed by atoms with Gasteiger partial charge in [-0.05, 0) is 28.1 Å². The Morgan fingerprint density at radius 2 is 2.19 bits per heavy atom. The second kappa shape index (κ2) is 4.18. The maximum atomic E-state index is 12.7. The van der Waals surface area contributed by atoms with Crippen molar-refractivity contribution in [2.45, 2.75) is 11.7 Å². The molecule has 1 aromatic carbocycles. The van der Waals surface area contributed by atoms with Gasteiger partial charge in [-0.2, -0.15) is 0 Å². The first kappa shape index (κ1) is 13.0. The van der Waals surface area contributed by atoms with Crippen molar-refractivity contribution in [3.8, 4) is 0 Å². The molecule has 3 aliphatic rings. The molecule has 108 valence electrons. The van der Waals surface area contributed by atoms with Crippen LogP contribution in [0.5, 0.6) is 0 Å². The number of nitrogens with zero attached hydrogens (tertiary/aromatic N) is 1. The number of anilines is 1. The molecule has 1 amide bonds. The Morgan fingerprint density at radius 1 is 1.43 bits per heavy atom. The summed E-state index contributed by atoms with van der Waals surface area (Å²) >= 11 is 3.43. The average Bonchev–Trinajstić information content (AvgIpc) is 3.08. The normalized spacial score (nSPS) is 36.3. The first-order valence-corrected chi connectivity index (χ1v) is 7.47. The summed E-state index contributed by atoms with van der Waals surface area (Å²) in [5.74, 6) is -3.05. The molecule has 0 radical (unpaired) electrons. The third-order valence-electron chi connectivity index (χ3n) is 4.52.